The Morgan fingerprint density at radius 2 is 1.62 bits per heavy atom. The minimum absolute atomic E-state index is 0.134. The molecule has 1 atom stereocenters. The molecule has 3 aliphatic rings. The number of benzene rings is 3. The summed E-state index contributed by atoms with van der Waals surface area (Å²) in [5, 5.41) is 11.1. The van der Waals surface area contributed by atoms with E-state index in [1.807, 2.05) is 59.3 Å². The lowest BCUT2D eigenvalue weighted by atomic mass is 10.0. The Hall–Kier alpha value is -6.49. The minimum atomic E-state index is -0.906. The number of nitrogen functional groups attached to an aromatic ring is 1. The molecule has 3 aliphatic heterocycles. The molecule has 4 amide bonds. The van der Waals surface area contributed by atoms with Gasteiger partial charge in [-0.05, 0) is 80.3 Å². The molecule has 5 aromatic rings. The lowest BCUT2D eigenvalue weighted by Gasteiger charge is -2.32. The molecule has 0 bridgehead atoms. The molecule has 4 N–H and O–H groups in total. The summed E-state index contributed by atoms with van der Waals surface area (Å²) in [6.07, 6.45) is 4.02. The molecule has 3 aromatic carbocycles. The second-order valence-corrected chi connectivity index (χ2v) is 14.4. The van der Waals surface area contributed by atoms with Crippen molar-refractivity contribution in [3.05, 3.63) is 103 Å². The van der Waals surface area contributed by atoms with Gasteiger partial charge in [0.05, 0.1) is 42.4 Å². The first-order chi connectivity index (χ1) is 28.2. The number of aromatic nitrogens is 4. The second-order valence-electron chi connectivity index (χ2n) is 14.4. The second kappa shape index (κ2) is 16.9. The van der Waals surface area contributed by atoms with Crippen LogP contribution in [0.3, 0.4) is 0 Å². The van der Waals surface area contributed by atoms with Gasteiger partial charge in [0.2, 0.25) is 11.8 Å². The van der Waals surface area contributed by atoms with Gasteiger partial charge in [-0.2, -0.15) is 5.10 Å². The molecule has 298 valence electrons. The van der Waals surface area contributed by atoms with Gasteiger partial charge in [0.1, 0.15) is 42.0 Å². The van der Waals surface area contributed by atoms with Crippen LogP contribution in [0.15, 0.2) is 91.4 Å². The molecule has 1 unspecified atom stereocenters. The van der Waals surface area contributed by atoms with Crippen molar-refractivity contribution in [1.29, 1.82) is 0 Å². The van der Waals surface area contributed by atoms with E-state index in [0.717, 1.165) is 65.5 Å². The Kier molecular flexibility index (Phi) is 11.2. The lowest BCUT2D eigenvalue weighted by Crippen LogP contribution is -2.51. The molecule has 16 nitrogen and oxygen atoms in total. The first-order valence-corrected chi connectivity index (χ1v) is 19.2. The van der Waals surface area contributed by atoms with Crippen LogP contribution in [0.2, 0.25) is 0 Å². The number of imide groups is 1. The number of likely N-dealkylation sites (tertiary alicyclic amines) is 1. The average molecular weight is 786 g/mol. The highest BCUT2D eigenvalue weighted by Gasteiger charge is 2.44. The van der Waals surface area contributed by atoms with Gasteiger partial charge < -0.3 is 35.5 Å². The van der Waals surface area contributed by atoms with Crippen molar-refractivity contribution in [2.24, 2.45) is 0 Å². The van der Waals surface area contributed by atoms with Crippen molar-refractivity contribution in [2.45, 2.75) is 37.8 Å². The summed E-state index contributed by atoms with van der Waals surface area (Å²) in [5.41, 5.74) is 9.94. The highest BCUT2D eigenvalue weighted by molar-refractivity contribution is 6.23. The van der Waals surface area contributed by atoms with E-state index in [1.165, 1.54) is 18.5 Å². The van der Waals surface area contributed by atoms with E-state index in [1.54, 1.807) is 6.07 Å². The molecule has 58 heavy (non-hydrogen) atoms. The van der Waals surface area contributed by atoms with E-state index >= 15 is 0 Å². The van der Waals surface area contributed by atoms with Crippen LogP contribution < -0.4 is 21.1 Å². The van der Waals surface area contributed by atoms with Gasteiger partial charge in [0.15, 0.2) is 5.65 Å². The summed E-state index contributed by atoms with van der Waals surface area (Å²) < 4.78 is 19.3. The number of nitrogens with two attached hydrogens (primary N) is 1. The summed E-state index contributed by atoms with van der Waals surface area (Å²) in [7, 11) is 0. The molecule has 16 heteroatoms. The van der Waals surface area contributed by atoms with Crippen LogP contribution in [-0.2, 0) is 19.1 Å². The number of amides is 4. The number of rotatable bonds is 14. The van der Waals surface area contributed by atoms with E-state index in [-0.39, 0.29) is 30.4 Å². The molecule has 0 aliphatic carbocycles. The van der Waals surface area contributed by atoms with E-state index in [4.69, 9.17) is 25.0 Å². The quantitative estimate of drug-likeness (QED) is 0.105. The smallest absolute Gasteiger partial charge is 0.262 e. The SMILES string of the molecule is C=C1CCC(N2C(=O)c3ccc(NC(=O)COCCOCCN4CCC(n5nc(-c6ccc(Oc7ccccc7)cc6)c6c(N)ncnc65)CC4)cc3C2=O)C(=O)N1. The maximum absolute atomic E-state index is 13.1. The molecule has 0 spiro atoms. The first-order valence-electron chi connectivity index (χ1n) is 19.2. The van der Waals surface area contributed by atoms with Crippen LogP contribution in [0.4, 0.5) is 11.5 Å². The van der Waals surface area contributed by atoms with Gasteiger partial charge in [-0.25, -0.2) is 14.6 Å². The number of hydrogen-bond acceptors (Lipinski definition) is 12. The van der Waals surface area contributed by atoms with E-state index in [0.29, 0.717) is 48.9 Å². The standard InChI is InChI=1S/C42H43N9O7/c1-26-7-14-34(40(53)46-26)50-41(54)32-13-10-28(23-33(32)42(50)55)47-35(52)24-57-22-21-56-20-19-49-17-15-29(16-18-49)51-39-36(38(43)44-25-45-39)37(48-51)27-8-11-31(12-9-27)58-30-5-3-2-4-6-30/h2-6,8-13,23,25,29,34H,1,7,14-22,24H2,(H,46,53)(H,47,52)(H2,43,44,45). The normalized spacial score (nSPS) is 17.4. The number of para-hydroxylation sites is 1. The number of ether oxygens (including phenoxy) is 3. The number of allylic oxidation sites excluding steroid dienone is 1. The van der Waals surface area contributed by atoms with Gasteiger partial charge in [0.25, 0.3) is 11.8 Å². The summed E-state index contributed by atoms with van der Waals surface area (Å²) in [4.78, 5) is 63.3. The topological polar surface area (TPSA) is 196 Å². The number of nitrogens with zero attached hydrogens (tertiary/aromatic N) is 6. The number of anilines is 2. The Morgan fingerprint density at radius 1 is 0.879 bits per heavy atom. The third-order valence-electron chi connectivity index (χ3n) is 10.5. The van der Waals surface area contributed by atoms with Crippen LogP contribution in [-0.4, -0.2) is 105 Å². The van der Waals surface area contributed by atoms with Gasteiger partial charge in [-0.3, -0.25) is 24.1 Å². The summed E-state index contributed by atoms with van der Waals surface area (Å²) in [6.45, 7) is 7.06. The Morgan fingerprint density at radius 3 is 2.40 bits per heavy atom. The van der Waals surface area contributed by atoms with Crippen LogP contribution in [0.25, 0.3) is 22.3 Å². The average Bonchev–Trinajstić information content (AvgIpc) is 3.73. The zero-order valence-electron chi connectivity index (χ0n) is 31.8. The molecule has 5 heterocycles. The maximum Gasteiger partial charge on any atom is 0.262 e. The van der Waals surface area contributed by atoms with Gasteiger partial charge in [0, 0.05) is 36.6 Å². The molecule has 2 aromatic heterocycles. The van der Waals surface area contributed by atoms with Crippen molar-refractivity contribution in [2.75, 3.05) is 57.1 Å². The largest absolute Gasteiger partial charge is 0.457 e. The first kappa shape index (κ1) is 38.4. The third-order valence-corrected chi connectivity index (χ3v) is 10.5. The number of carbonyl (C=O) groups is 4. The van der Waals surface area contributed by atoms with Crippen LogP contribution in [0.1, 0.15) is 52.4 Å². The molecule has 0 saturated carbocycles. The fourth-order valence-electron chi connectivity index (χ4n) is 7.55. The number of fused-ring (bicyclic) bond motifs is 2. The molecule has 2 saturated heterocycles. The highest BCUT2D eigenvalue weighted by atomic mass is 16.5. The number of hydrogen-bond donors (Lipinski definition) is 3. The Balaban J connectivity index is 0.758. The number of piperidine rings is 2. The van der Waals surface area contributed by atoms with Crippen molar-refractivity contribution < 1.29 is 33.4 Å². The number of carbonyl (C=O) groups excluding carboxylic acids is 4. The molecule has 0 radical (unpaired) electrons. The van der Waals surface area contributed by atoms with Gasteiger partial charge in [-0.15, -0.1) is 0 Å². The van der Waals surface area contributed by atoms with Gasteiger partial charge in [-0.1, -0.05) is 24.8 Å². The highest BCUT2D eigenvalue weighted by Crippen LogP contribution is 2.35. The molecule has 8 rings (SSSR count). The Bertz CT molecular complexity index is 2360. The predicted molar refractivity (Wildman–Crippen MR) is 214 cm³/mol. The summed E-state index contributed by atoms with van der Waals surface area (Å²) in [5.74, 6) is -0.0961. The Labute approximate surface area is 334 Å². The summed E-state index contributed by atoms with van der Waals surface area (Å²) >= 11 is 0. The number of nitrogens with one attached hydrogen (secondary N) is 2. The monoisotopic (exact) mass is 785 g/mol. The maximum atomic E-state index is 13.1. The minimum Gasteiger partial charge on any atom is -0.457 e. The molecular weight excluding hydrogens is 743 g/mol. The van der Waals surface area contributed by atoms with Crippen LogP contribution in [0, 0.1) is 0 Å². The van der Waals surface area contributed by atoms with E-state index < -0.39 is 29.7 Å². The van der Waals surface area contributed by atoms with Crippen molar-refractivity contribution in [1.82, 2.24) is 34.9 Å². The van der Waals surface area contributed by atoms with Crippen LogP contribution in [0.5, 0.6) is 11.5 Å². The zero-order valence-corrected chi connectivity index (χ0v) is 31.8. The van der Waals surface area contributed by atoms with E-state index in [9.17, 15) is 19.2 Å². The third kappa shape index (κ3) is 8.16. The molecule has 2 fully saturated rings. The fourth-order valence-corrected chi connectivity index (χ4v) is 7.55. The van der Waals surface area contributed by atoms with Crippen LogP contribution >= 0.6 is 0 Å². The summed E-state index contributed by atoms with van der Waals surface area (Å²) in [6, 6.07) is 21.1. The van der Waals surface area contributed by atoms with Crippen molar-refractivity contribution in [3.63, 3.8) is 0 Å². The zero-order chi connectivity index (χ0) is 40.2. The van der Waals surface area contributed by atoms with Crippen molar-refractivity contribution >= 4 is 46.2 Å². The van der Waals surface area contributed by atoms with E-state index in [2.05, 4.69) is 32.1 Å². The predicted octanol–water partition coefficient (Wildman–Crippen LogP) is 4.56. The lowest BCUT2D eigenvalue weighted by molar-refractivity contribution is -0.125. The molecular formula is C42H43N9O7. The van der Waals surface area contributed by atoms with Gasteiger partial charge >= 0.3 is 0 Å². The van der Waals surface area contributed by atoms with Crippen molar-refractivity contribution in [3.8, 4) is 22.8 Å². The fraction of sp³-hybridized carbons (Fsp3) is 0.310.